The first-order valence-electron chi connectivity index (χ1n) is 6.98. The maximum atomic E-state index is 13.1. The Morgan fingerprint density at radius 2 is 1.62 bits per heavy atom. The van der Waals surface area contributed by atoms with Crippen LogP contribution < -0.4 is 5.73 Å². The van der Waals surface area contributed by atoms with Crippen LogP contribution in [-0.2, 0) is 0 Å². The van der Waals surface area contributed by atoms with Crippen molar-refractivity contribution in [3.63, 3.8) is 0 Å². The van der Waals surface area contributed by atoms with Crippen LogP contribution >= 0.6 is 0 Å². The van der Waals surface area contributed by atoms with Crippen molar-refractivity contribution in [2.75, 3.05) is 5.73 Å². The van der Waals surface area contributed by atoms with Crippen molar-refractivity contribution in [2.24, 2.45) is 0 Å². The zero-order valence-electron chi connectivity index (χ0n) is 12.4. The van der Waals surface area contributed by atoms with Crippen LogP contribution in [0.15, 0.2) is 48.5 Å². The molecule has 0 radical (unpaired) electrons. The summed E-state index contributed by atoms with van der Waals surface area (Å²) in [4.78, 5) is 4.19. The molecule has 1 heterocycles. The monoisotopic (exact) mass is 321 g/mol. The minimum atomic E-state index is -0.371. The fourth-order valence-corrected chi connectivity index (χ4v) is 2.37. The first kappa shape index (κ1) is 15.3. The van der Waals surface area contributed by atoms with Gasteiger partial charge in [0.25, 0.3) is 0 Å². The zero-order chi connectivity index (χ0) is 17.3. The normalized spacial score (nSPS) is 10.3. The predicted octanol–water partition coefficient (Wildman–Crippen LogP) is 3.42. The molecule has 0 aliphatic carbocycles. The Bertz CT molecular complexity index is 963. The quantitative estimate of drug-likeness (QED) is 0.627. The Hall–Kier alpha value is -3.59. The molecule has 6 heteroatoms. The van der Waals surface area contributed by atoms with Gasteiger partial charge in [-0.3, -0.25) is 0 Å². The van der Waals surface area contributed by atoms with Gasteiger partial charge in [-0.25, -0.2) is 9.37 Å². The number of pyridine rings is 1. The fourth-order valence-electron chi connectivity index (χ4n) is 2.37. The van der Waals surface area contributed by atoms with E-state index in [-0.39, 0.29) is 28.7 Å². The van der Waals surface area contributed by atoms with Gasteiger partial charge in [-0.05, 0) is 48.0 Å². The number of aromatic hydroxyl groups is 2. The number of halogens is 1. The van der Waals surface area contributed by atoms with Crippen LogP contribution in [0.2, 0.25) is 0 Å². The number of anilines is 1. The highest BCUT2D eigenvalue weighted by Crippen LogP contribution is 2.35. The van der Waals surface area contributed by atoms with Gasteiger partial charge in [0.1, 0.15) is 23.3 Å². The van der Waals surface area contributed by atoms with Gasteiger partial charge in [-0.2, -0.15) is 5.26 Å². The van der Waals surface area contributed by atoms with Gasteiger partial charge >= 0.3 is 0 Å². The molecule has 0 bridgehead atoms. The summed E-state index contributed by atoms with van der Waals surface area (Å²) in [5.74, 6) is -0.918. The third-order valence-electron chi connectivity index (χ3n) is 3.59. The van der Waals surface area contributed by atoms with E-state index in [0.717, 1.165) is 0 Å². The number of hydrogen-bond acceptors (Lipinski definition) is 5. The van der Waals surface area contributed by atoms with Crippen molar-refractivity contribution in [2.45, 2.75) is 0 Å². The highest BCUT2D eigenvalue weighted by molar-refractivity contribution is 5.81. The summed E-state index contributed by atoms with van der Waals surface area (Å²) in [5.41, 5.74) is 8.10. The van der Waals surface area contributed by atoms with Gasteiger partial charge in [0.05, 0.1) is 5.69 Å². The van der Waals surface area contributed by atoms with E-state index in [2.05, 4.69) is 4.98 Å². The molecule has 0 amide bonds. The molecule has 0 spiro atoms. The minimum absolute atomic E-state index is 0.0295. The van der Waals surface area contributed by atoms with E-state index >= 15 is 0 Å². The Kier molecular flexibility index (Phi) is 3.76. The largest absolute Gasteiger partial charge is 0.504 e. The topological polar surface area (TPSA) is 103 Å². The molecular weight excluding hydrogens is 309 g/mol. The van der Waals surface area contributed by atoms with Gasteiger partial charge in [-0.1, -0.05) is 6.07 Å². The number of hydrogen-bond donors (Lipinski definition) is 3. The van der Waals surface area contributed by atoms with Gasteiger partial charge in [0.15, 0.2) is 11.5 Å². The van der Waals surface area contributed by atoms with Crippen molar-refractivity contribution >= 4 is 5.82 Å². The van der Waals surface area contributed by atoms with Crippen LogP contribution in [0.25, 0.3) is 22.4 Å². The van der Waals surface area contributed by atoms with E-state index in [9.17, 15) is 19.9 Å². The van der Waals surface area contributed by atoms with Crippen molar-refractivity contribution in [3.05, 3.63) is 59.9 Å². The highest BCUT2D eigenvalue weighted by atomic mass is 19.1. The number of phenols is 2. The summed E-state index contributed by atoms with van der Waals surface area (Å²) in [5, 5.41) is 28.5. The van der Waals surface area contributed by atoms with Crippen molar-refractivity contribution in [3.8, 4) is 40.0 Å². The molecule has 0 aliphatic heterocycles. The van der Waals surface area contributed by atoms with Crippen LogP contribution in [0.5, 0.6) is 11.5 Å². The van der Waals surface area contributed by atoms with E-state index in [1.807, 2.05) is 6.07 Å². The summed E-state index contributed by atoms with van der Waals surface area (Å²) in [6.45, 7) is 0. The second kappa shape index (κ2) is 5.89. The standard InChI is InChI=1S/C18H12FN3O2/c19-12-4-1-10(2-5-12)15-8-13(14(9-20)18(21)22-15)11-3-6-16(23)17(24)7-11/h1-8,23-24H,(H2,21,22). The molecular formula is C18H12FN3O2. The molecule has 0 unspecified atom stereocenters. The van der Waals surface area contributed by atoms with Gasteiger partial charge in [0.2, 0.25) is 0 Å². The van der Waals surface area contributed by atoms with Crippen LogP contribution in [0.3, 0.4) is 0 Å². The number of aromatic nitrogens is 1. The molecule has 4 N–H and O–H groups in total. The maximum Gasteiger partial charge on any atom is 0.158 e. The van der Waals surface area contributed by atoms with Crippen molar-refractivity contribution in [1.82, 2.24) is 4.98 Å². The first-order valence-corrected chi connectivity index (χ1v) is 6.98. The van der Waals surface area contributed by atoms with E-state index < -0.39 is 0 Å². The van der Waals surface area contributed by atoms with E-state index in [4.69, 9.17) is 5.73 Å². The van der Waals surface area contributed by atoms with Crippen LogP contribution in [-0.4, -0.2) is 15.2 Å². The Balaban J connectivity index is 2.22. The van der Waals surface area contributed by atoms with Gasteiger partial charge in [0, 0.05) is 11.1 Å². The van der Waals surface area contributed by atoms with Crippen molar-refractivity contribution < 1.29 is 14.6 Å². The predicted molar refractivity (Wildman–Crippen MR) is 87.5 cm³/mol. The van der Waals surface area contributed by atoms with Gasteiger partial charge in [-0.15, -0.1) is 0 Å². The molecule has 0 fully saturated rings. The van der Waals surface area contributed by atoms with Crippen LogP contribution in [0.4, 0.5) is 10.2 Å². The molecule has 24 heavy (non-hydrogen) atoms. The smallest absolute Gasteiger partial charge is 0.158 e. The van der Waals surface area contributed by atoms with Gasteiger partial charge < -0.3 is 15.9 Å². The number of nitriles is 1. The molecule has 0 saturated carbocycles. The summed E-state index contributed by atoms with van der Waals surface area (Å²) in [7, 11) is 0. The molecule has 118 valence electrons. The first-order chi connectivity index (χ1) is 11.5. The zero-order valence-corrected chi connectivity index (χ0v) is 12.4. The second-order valence-corrected chi connectivity index (χ2v) is 5.14. The Morgan fingerprint density at radius 1 is 0.958 bits per heavy atom. The number of nitrogen functional groups attached to an aromatic ring is 1. The fraction of sp³-hybridized carbons (Fsp3) is 0. The van der Waals surface area contributed by atoms with Crippen LogP contribution in [0.1, 0.15) is 5.56 Å². The minimum Gasteiger partial charge on any atom is -0.504 e. The third kappa shape index (κ3) is 2.71. The molecule has 0 saturated heterocycles. The Labute approximate surface area is 137 Å². The molecule has 3 aromatic rings. The summed E-state index contributed by atoms with van der Waals surface area (Å²) in [6.07, 6.45) is 0. The number of phenolic OH excluding ortho intramolecular Hbond substituents is 2. The molecule has 5 nitrogen and oxygen atoms in total. The SMILES string of the molecule is N#Cc1c(-c2ccc(O)c(O)c2)cc(-c2ccc(F)cc2)nc1N. The second-order valence-electron chi connectivity index (χ2n) is 5.14. The number of nitrogens with zero attached hydrogens (tertiary/aromatic N) is 2. The molecule has 2 aromatic carbocycles. The molecule has 3 rings (SSSR count). The Morgan fingerprint density at radius 3 is 2.25 bits per heavy atom. The molecule has 1 aromatic heterocycles. The average Bonchev–Trinajstić information content (AvgIpc) is 2.57. The maximum absolute atomic E-state index is 13.1. The van der Waals surface area contributed by atoms with Crippen LogP contribution in [0, 0.1) is 17.1 Å². The van der Waals surface area contributed by atoms with E-state index in [0.29, 0.717) is 22.4 Å². The number of rotatable bonds is 2. The lowest BCUT2D eigenvalue weighted by atomic mass is 9.98. The average molecular weight is 321 g/mol. The number of nitrogens with two attached hydrogens (primary N) is 1. The highest BCUT2D eigenvalue weighted by Gasteiger charge is 2.14. The van der Waals surface area contributed by atoms with Crippen molar-refractivity contribution in [1.29, 1.82) is 5.26 Å². The molecule has 0 atom stereocenters. The number of benzene rings is 2. The summed E-state index contributed by atoms with van der Waals surface area (Å²) in [6, 6.07) is 13.6. The van der Waals surface area contributed by atoms with E-state index in [1.54, 1.807) is 24.3 Å². The lowest BCUT2D eigenvalue weighted by Crippen LogP contribution is -1.99. The lowest BCUT2D eigenvalue weighted by Gasteiger charge is -2.11. The third-order valence-corrected chi connectivity index (χ3v) is 3.59. The molecule has 0 aliphatic rings. The van der Waals surface area contributed by atoms with E-state index in [1.165, 1.54) is 24.3 Å². The summed E-state index contributed by atoms with van der Waals surface area (Å²) >= 11 is 0. The summed E-state index contributed by atoms with van der Waals surface area (Å²) < 4.78 is 13.1. The lowest BCUT2D eigenvalue weighted by molar-refractivity contribution is 0.404.